The maximum absolute atomic E-state index is 13.1. The van der Waals surface area contributed by atoms with Crippen molar-refractivity contribution in [1.29, 1.82) is 0 Å². The summed E-state index contributed by atoms with van der Waals surface area (Å²) in [5.74, 6) is -0.204. The second-order valence-electron chi connectivity index (χ2n) is 7.06. The maximum Gasteiger partial charge on any atom is 0.123 e. The Balaban J connectivity index is 1.37. The largest absolute Gasteiger partial charge is 0.264 e. The van der Waals surface area contributed by atoms with Crippen LogP contribution in [0.2, 0.25) is 0 Å². The standard InChI is InChI=1S/C26H22FN/c27-26-15-13-25(14-16-26)24-11-9-22(10-12-24)18-21-6-3-20(4-7-21)5-8-23-2-1-17-28-19-23/h1-4,6-7,9-17,19H,5,8,18H2. The summed E-state index contributed by atoms with van der Waals surface area (Å²) in [4.78, 5) is 4.17. The molecule has 138 valence electrons. The second kappa shape index (κ2) is 8.62. The van der Waals surface area contributed by atoms with Crippen LogP contribution < -0.4 is 0 Å². The first-order valence-corrected chi connectivity index (χ1v) is 9.58. The highest BCUT2D eigenvalue weighted by Gasteiger charge is 2.02. The fraction of sp³-hybridized carbons (Fsp3) is 0.115. The third kappa shape index (κ3) is 4.72. The lowest BCUT2D eigenvalue weighted by molar-refractivity contribution is 0.628. The zero-order valence-corrected chi connectivity index (χ0v) is 15.7. The summed E-state index contributed by atoms with van der Waals surface area (Å²) >= 11 is 0. The van der Waals surface area contributed by atoms with Crippen LogP contribution in [0.15, 0.2) is 97.3 Å². The normalized spacial score (nSPS) is 10.8. The Morgan fingerprint density at radius 2 is 1.11 bits per heavy atom. The molecule has 0 saturated heterocycles. The van der Waals surface area contributed by atoms with E-state index in [1.165, 1.54) is 34.4 Å². The summed E-state index contributed by atoms with van der Waals surface area (Å²) in [6.45, 7) is 0. The molecule has 0 aliphatic rings. The third-order valence-corrected chi connectivity index (χ3v) is 4.99. The quantitative estimate of drug-likeness (QED) is 0.392. The highest BCUT2D eigenvalue weighted by Crippen LogP contribution is 2.21. The molecule has 0 amide bonds. The van der Waals surface area contributed by atoms with Gasteiger partial charge in [-0.1, -0.05) is 66.7 Å². The van der Waals surface area contributed by atoms with Gasteiger partial charge in [0.05, 0.1) is 0 Å². The molecule has 4 rings (SSSR count). The van der Waals surface area contributed by atoms with Crippen molar-refractivity contribution in [1.82, 2.24) is 4.98 Å². The van der Waals surface area contributed by atoms with Crippen molar-refractivity contribution in [3.8, 4) is 11.1 Å². The molecule has 3 aromatic carbocycles. The summed E-state index contributed by atoms with van der Waals surface area (Å²) in [7, 11) is 0. The first-order chi connectivity index (χ1) is 13.8. The molecule has 2 heteroatoms. The Hall–Kier alpha value is -3.26. The van der Waals surface area contributed by atoms with Crippen LogP contribution in [0.4, 0.5) is 4.39 Å². The second-order valence-corrected chi connectivity index (χ2v) is 7.06. The third-order valence-electron chi connectivity index (χ3n) is 4.99. The topological polar surface area (TPSA) is 12.9 Å². The van der Waals surface area contributed by atoms with E-state index in [-0.39, 0.29) is 5.82 Å². The molecule has 1 heterocycles. The van der Waals surface area contributed by atoms with E-state index in [9.17, 15) is 4.39 Å². The summed E-state index contributed by atoms with van der Waals surface area (Å²) < 4.78 is 13.1. The van der Waals surface area contributed by atoms with Crippen LogP contribution in [-0.4, -0.2) is 4.98 Å². The summed E-state index contributed by atoms with van der Waals surface area (Å²) in [6, 6.07) is 28.1. The minimum absolute atomic E-state index is 0.204. The minimum Gasteiger partial charge on any atom is -0.264 e. The van der Waals surface area contributed by atoms with Gasteiger partial charge in [0.25, 0.3) is 0 Å². The van der Waals surface area contributed by atoms with Crippen LogP contribution >= 0.6 is 0 Å². The van der Waals surface area contributed by atoms with Crippen molar-refractivity contribution in [2.45, 2.75) is 19.3 Å². The number of benzene rings is 3. The predicted molar refractivity (Wildman–Crippen MR) is 113 cm³/mol. The van der Waals surface area contributed by atoms with Crippen LogP contribution in [0.25, 0.3) is 11.1 Å². The van der Waals surface area contributed by atoms with E-state index in [0.29, 0.717) is 0 Å². The van der Waals surface area contributed by atoms with Gasteiger partial charge in [-0.05, 0) is 70.8 Å². The van der Waals surface area contributed by atoms with E-state index in [1.807, 2.05) is 30.6 Å². The monoisotopic (exact) mass is 367 g/mol. The summed E-state index contributed by atoms with van der Waals surface area (Å²) in [5.41, 5.74) is 7.33. The Labute approximate surface area is 165 Å². The Bertz CT molecular complexity index is 1000. The summed E-state index contributed by atoms with van der Waals surface area (Å²) in [5, 5.41) is 0. The molecule has 0 radical (unpaired) electrons. The van der Waals surface area contributed by atoms with Crippen LogP contribution in [0.5, 0.6) is 0 Å². The van der Waals surface area contributed by atoms with Crippen LogP contribution in [-0.2, 0) is 19.3 Å². The average molecular weight is 367 g/mol. The van der Waals surface area contributed by atoms with Gasteiger partial charge in [-0.2, -0.15) is 0 Å². The highest BCUT2D eigenvalue weighted by molar-refractivity contribution is 5.63. The molecule has 1 aromatic heterocycles. The Morgan fingerprint density at radius 1 is 0.571 bits per heavy atom. The molecule has 0 atom stereocenters. The van der Waals surface area contributed by atoms with Crippen LogP contribution in [0, 0.1) is 5.82 Å². The van der Waals surface area contributed by atoms with Gasteiger partial charge in [-0.3, -0.25) is 4.98 Å². The SMILES string of the molecule is Fc1ccc(-c2ccc(Cc3ccc(CCc4cccnc4)cc3)cc2)cc1. The van der Waals surface area contributed by atoms with Crippen molar-refractivity contribution in [2.24, 2.45) is 0 Å². The number of hydrogen-bond donors (Lipinski definition) is 0. The number of halogens is 1. The van der Waals surface area contributed by atoms with E-state index in [4.69, 9.17) is 0 Å². The number of rotatable bonds is 6. The van der Waals surface area contributed by atoms with Crippen molar-refractivity contribution in [2.75, 3.05) is 0 Å². The van der Waals surface area contributed by atoms with Gasteiger partial charge in [0.2, 0.25) is 0 Å². The van der Waals surface area contributed by atoms with Crippen molar-refractivity contribution < 1.29 is 4.39 Å². The lowest BCUT2D eigenvalue weighted by Gasteiger charge is -2.07. The minimum atomic E-state index is -0.204. The first kappa shape index (κ1) is 18.1. The molecular formula is C26H22FN. The van der Waals surface area contributed by atoms with Gasteiger partial charge >= 0.3 is 0 Å². The first-order valence-electron chi connectivity index (χ1n) is 9.58. The molecular weight excluding hydrogens is 345 g/mol. The predicted octanol–water partition coefficient (Wildman–Crippen LogP) is 6.26. The van der Waals surface area contributed by atoms with E-state index in [1.54, 1.807) is 0 Å². The fourth-order valence-corrected chi connectivity index (χ4v) is 3.35. The molecule has 4 aromatic rings. The van der Waals surface area contributed by atoms with E-state index in [0.717, 1.165) is 30.4 Å². The van der Waals surface area contributed by atoms with Crippen molar-refractivity contribution in [3.63, 3.8) is 0 Å². The average Bonchev–Trinajstić information content (AvgIpc) is 2.75. The van der Waals surface area contributed by atoms with Gasteiger partial charge in [0.1, 0.15) is 5.82 Å². The zero-order valence-electron chi connectivity index (χ0n) is 15.7. The molecule has 0 aliphatic carbocycles. The number of aromatic nitrogens is 1. The molecule has 0 saturated carbocycles. The molecule has 0 unspecified atom stereocenters. The number of aryl methyl sites for hydroxylation is 2. The van der Waals surface area contributed by atoms with Gasteiger partial charge < -0.3 is 0 Å². The molecule has 0 spiro atoms. The fourth-order valence-electron chi connectivity index (χ4n) is 3.35. The van der Waals surface area contributed by atoms with Crippen LogP contribution in [0.3, 0.4) is 0 Å². The highest BCUT2D eigenvalue weighted by atomic mass is 19.1. The zero-order chi connectivity index (χ0) is 19.2. The summed E-state index contributed by atoms with van der Waals surface area (Å²) in [6.07, 6.45) is 6.69. The Morgan fingerprint density at radius 3 is 1.71 bits per heavy atom. The smallest absolute Gasteiger partial charge is 0.123 e. The van der Waals surface area contributed by atoms with Gasteiger partial charge in [0, 0.05) is 12.4 Å². The van der Waals surface area contributed by atoms with E-state index < -0.39 is 0 Å². The molecule has 0 N–H and O–H groups in total. The maximum atomic E-state index is 13.1. The lowest BCUT2D eigenvalue weighted by Crippen LogP contribution is -1.93. The molecule has 0 bridgehead atoms. The van der Waals surface area contributed by atoms with E-state index in [2.05, 4.69) is 59.6 Å². The molecule has 1 nitrogen and oxygen atoms in total. The number of nitrogens with zero attached hydrogens (tertiary/aromatic N) is 1. The lowest BCUT2D eigenvalue weighted by atomic mass is 9.99. The van der Waals surface area contributed by atoms with Gasteiger partial charge in [-0.25, -0.2) is 4.39 Å². The van der Waals surface area contributed by atoms with Crippen molar-refractivity contribution >= 4 is 0 Å². The van der Waals surface area contributed by atoms with Gasteiger partial charge in [0.15, 0.2) is 0 Å². The van der Waals surface area contributed by atoms with Crippen LogP contribution in [0.1, 0.15) is 22.3 Å². The molecule has 28 heavy (non-hydrogen) atoms. The number of pyridine rings is 1. The molecule has 0 aliphatic heterocycles. The number of hydrogen-bond acceptors (Lipinski definition) is 1. The Kier molecular flexibility index (Phi) is 5.58. The van der Waals surface area contributed by atoms with E-state index >= 15 is 0 Å². The van der Waals surface area contributed by atoms with Gasteiger partial charge in [-0.15, -0.1) is 0 Å². The van der Waals surface area contributed by atoms with Crippen molar-refractivity contribution in [3.05, 3.63) is 125 Å². The molecule has 0 fully saturated rings.